The van der Waals surface area contributed by atoms with Gasteiger partial charge in [0.05, 0.1) is 6.17 Å². The molecule has 3 rings (SSSR count). The highest BCUT2D eigenvalue weighted by Crippen LogP contribution is 2.56. The van der Waals surface area contributed by atoms with Crippen LogP contribution in [-0.4, -0.2) is 41.3 Å². The van der Waals surface area contributed by atoms with Gasteiger partial charge in [0.25, 0.3) is 0 Å². The maximum atomic E-state index is 4.08. The lowest BCUT2D eigenvalue weighted by Gasteiger charge is -2.50. The fourth-order valence-electron chi connectivity index (χ4n) is 6.11. The van der Waals surface area contributed by atoms with Crippen molar-refractivity contribution in [3.05, 3.63) is 0 Å². The van der Waals surface area contributed by atoms with Crippen LogP contribution in [0.25, 0.3) is 0 Å². The van der Waals surface area contributed by atoms with Crippen molar-refractivity contribution in [3.63, 3.8) is 0 Å². The summed E-state index contributed by atoms with van der Waals surface area (Å²) in [5, 5.41) is 7.99. The molecule has 0 radical (unpaired) electrons. The number of nitrogens with one attached hydrogen (secondary N) is 2. The molecule has 0 spiro atoms. The predicted molar refractivity (Wildman–Crippen MR) is 103 cm³/mol. The van der Waals surface area contributed by atoms with Gasteiger partial charge in [0.2, 0.25) is 0 Å². The van der Waals surface area contributed by atoms with Crippen molar-refractivity contribution in [1.29, 1.82) is 0 Å². The average molecular weight is 336 g/mol. The Morgan fingerprint density at radius 2 is 1.50 bits per heavy atom. The summed E-state index contributed by atoms with van der Waals surface area (Å²) in [6.07, 6.45) is 3.16. The van der Waals surface area contributed by atoms with Crippen molar-refractivity contribution in [2.24, 2.45) is 22.7 Å². The lowest BCUT2D eigenvalue weighted by Crippen LogP contribution is -2.59. The lowest BCUT2D eigenvalue weighted by molar-refractivity contribution is -0.0159. The molecule has 0 bridgehead atoms. The first kappa shape index (κ1) is 18.7. The Bertz CT molecular complexity index is 465. The second kappa shape index (κ2) is 5.69. The molecule has 6 atom stereocenters. The summed E-state index contributed by atoms with van der Waals surface area (Å²) in [5.74, 6) is 1.41. The highest BCUT2D eigenvalue weighted by atomic mass is 15.4. The number of fused-ring (bicyclic) bond motifs is 3. The normalized spacial score (nSPS) is 41.4. The van der Waals surface area contributed by atoms with Gasteiger partial charge in [0, 0.05) is 29.6 Å². The molecule has 0 aromatic heterocycles. The number of hydrogen-bond acceptors (Lipinski definition) is 3. The Hall–Kier alpha value is -0.120. The van der Waals surface area contributed by atoms with Crippen molar-refractivity contribution in [2.45, 2.75) is 105 Å². The molecule has 3 aliphatic heterocycles. The molecule has 24 heavy (non-hydrogen) atoms. The standard InChI is InChI=1S/C21H41N3/c1-19(2,3)15-14-16-13(11-10-12-22-16)23-18(14)24(21(7,8)9)17(15)20(4,5)6/h13-18,22-23H,10-12H2,1-9H3. The van der Waals surface area contributed by atoms with Gasteiger partial charge in [-0.1, -0.05) is 41.5 Å². The molecule has 0 amide bonds. The van der Waals surface area contributed by atoms with Crippen molar-refractivity contribution in [1.82, 2.24) is 15.5 Å². The maximum absolute atomic E-state index is 4.08. The van der Waals surface area contributed by atoms with Crippen LogP contribution in [-0.2, 0) is 0 Å². The van der Waals surface area contributed by atoms with E-state index in [1.165, 1.54) is 19.4 Å². The van der Waals surface area contributed by atoms with Gasteiger partial charge in [-0.15, -0.1) is 0 Å². The predicted octanol–water partition coefficient (Wildman–Crippen LogP) is 3.84. The molecule has 140 valence electrons. The van der Waals surface area contributed by atoms with E-state index in [-0.39, 0.29) is 11.0 Å². The molecule has 3 heterocycles. The van der Waals surface area contributed by atoms with Crippen LogP contribution in [0.1, 0.15) is 75.2 Å². The van der Waals surface area contributed by atoms with Gasteiger partial charge in [-0.25, -0.2) is 0 Å². The minimum Gasteiger partial charge on any atom is -0.312 e. The summed E-state index contributed by atoms with van der Waals surface area (Å²) < 4.78 is 0. The molecule has 6 unspecified atom stereocenters. The molecule has 3 nitrogen and oxygen atoms in total. The van der Waals surface area contributed by atoms with Crippen LogP contribution in [0, 0.1) is 22.7 Å². The molecule has 0 aromatic rings. The third kappa shape index (κ3) is 2.95. The van der Waals surface area contributed by atoms with Gasteiger partial charge >= 0.3 is 0 Å². The Labute approximate surface area is 150 Å². The Morgan fingerprint density at radius 1 is 0.875 bits per heavy atom. The lowest BCUT2D eigenvalue weighted by atomic mass is 9.63. The number of piperidine rings is 1. The van der Waals surface area contributed by atoms with Crippen LogP contribution in [0.4, 0.5) is 0 Å². The van der Waals surface area contributed by atoms with E-state index in [2.05, 4.69) is 77.8 Å². The fourth-order valence-corrected chi connectivity index (χ4v) is 6.11. The molecule has 3 aliphatic rings. The number of nitrogens with zero attached hydrogens (tertiary/aromatic N) is 1. The van der Waals surface area contributed by atoms with E-state index in [1.807, 2.05) is 0 Å². The summed E-state index contributed by atoms with van der Waals surface area (Å²) in [7, 11) is 0. The molecule has 3 heteroatoms. The zero-order chi connectivity index (χ0) is 18.1. The zero-order valence-electron chi connectivity index (χ0n) is 17.5. The summed E-state index contributed by atoms with van der Waals surface area (Å²) >= 11 is 0. The molecule has 0 saturated carbocycles. The third-order valence-corrected chi connectivity index (χ3v) is 6.69. The number of likely N-dealkylation sites (tertiary alicyclic amines) is 1. The Balaban J connectivity index is 2.09. The fraction of sp³-hybridized carbons (Fsp3) is 1.00. The molecular formula is C21H41N3. The molecule has 3 fully saturated rings. The van der Waals surface area contributed by atoms with Crippen LogP contribution in [0.2, 0.25) is 0 Å². The van der Waals surface area contributed by atoms with E-state index in [1.54, 1.807) is 0 Å². The van der Waals surface area contributed by atoms with Crippen molar-refractivity contribution < 1.29 is 0 Å². The van der Waals surface area contributed by atoms with Gasteiger partial charge < -0.3 is 5.32 Å². The zero-order valence-corrected chi connectivity index (χ0v) is 17.5. The van der Waals surface area contributed by atoms with Gasteiger partial charge in [-0.3, -0.25) is 10.2 Å². The quantitative estimate of drug-likeness (QED) is 0.704. The SMILES string of the molecule is CC(C)(C)C1C2C3NCCCC3NC2N(C(C)(C)C)C1C(C)(C)C. The number of hydrogen-bond donors (Lipinski definition) is 2. The van der Waals surface area contributed by atoms with E-state index in [0.717, 1.165) is 0 Å². The Morgan fingerprint density at radius 3 is 2.00 bits per heavy atom. The highest BCUT2D eigenvalue weighted by Gasteiger charge is 2.64. The van der Waals surface area contributed by atoms with Gasteiger partial charge in [-0.05, 0) is 56.9 Å². The van der Waals surface area contributed by atoms with Crippen LogP contribution < -0.4 is 10.6 Å². The number of rotatable bonds is 0. The first-order valence-electron chi connectivity index (χ1n) is 10.1. The second-order valence-corrected chi connectivity index (χ2v) is 11.7. The molecule has 0 aliphatic carbocycles. The van der Waals surface area contributed by atoms with Crippen molar-refractivity contribution >= 4 is 0 Å². The average Bonchev–Trinajstić information content (AvgIpc) is 2.89. The van der Waals surface area contributed by atoms with Crippen LogP contribution >= 0.6 is 0 Å². The van der Waals surface area contributed by atoms with Crippen LogP contribution in [0.3, 0.4) is 0 Å². The van der Waals surface area contributed by atoms with E-state index in [4.69, 9.17) is 0 Å². The first-order valence-corrected chi connectivity index (χ1v) is 10.1. The van der Waals surface area contributed by atoms with E-state index >= 15 is 0 Å². The Kier molecular flexibility index (Phi) is 4.42. The van der Waals surface area contributed by atoms with E-state index in [0.29, 0.717) is 41.5 Å². The van der Waals surface area contributed by atoms with Crippen molar-refractivity contribution in [3.8, 4) is 0 Å². The summed E-state index contributed by atoms with van der Waals surface area (Å²) in [6, 6.07) is 1.90. The molecule has 3 saturated heterocycles. The minimum absolute atomic E-state index is 0.182. The van der Waals surface area contributed by atoms with Gasteiger partial charge in [0.1, 0.15) is 0 Å². The topological polar surface area (TPSA) is 27.3 Å². The monoisotopic (exact) mass is 335 g/mol. The smallest absolute Gasteiger partial charge is 0.0655 e. The largest absolute Gasteiger partial charge is 0.312 e. The summed E-state index contributed by atoms with van der Waals surface area (Å²) in [4.78, 5) is 2.85. The van der Waals surface area contributed by atoms with Crippen LogP contribution in [0.15, 0.2) is 0 Å². The van der Waals surface area contributed by atoms with Gasteiger partial charge in [-0.2, -0.15) is 0 Å². The molecular weight excluding hydrogens is 294 g/mol. The van der Waals surface area contributed by atoms with E-state index in [9.17, 15) is 0 Å². The molecule has 2 N–H and O–H groups in total. The van der Waals surface area contributed by atoms with E-state index < -0.39 is 0 Å². The van der Waals surface area contributed by atoms with Crippen molar-refractivity contribution in [2.75, 3.05) is 6.54 Å². The molecule has 0 aromatic carbocycles. The van der Waals surface area contributed by atoms with Gasteiger partial charge in [0.15, 0.2) is 0 Å². The highest BCUT2D eigenvalue weighted by molar-refractivity contribution is 5.17. The summed E-state index contributed by atoms with van der Waals surface area (Å²) in [6.45, 7) is 23.2. The third-order valence-electron chi connectivity index (χ3n) is 6.69. The first-order chi connectivity index (χ1) is 10.8. The summed E-state index contributed by atoms with van der Waals surface area (Å²) in [5.41, 5.74) is 0.777. The minimum atomic E-state index is 0.182. The maximum Gasteiger partial charge on any atom is 0.0655 e. The van der Waals surface area contributed by atoms with Crippen LogP contribution in [0.5, 0.6) is 0 Å². The second-order valence-electron chi connectivity index (χ2n) is 11.7.